The van der Waals surface area contributed by atoms with E-state index < -0.39 is 11.8 Å². The first kappa shape index (κ1) is 17.7. The minimum Gasteiger partial charge on any atom is -0.308 e. The lowest BCUT2D eigenvalue weighted by molar-refractivity contribution is 0.262. The number of nitrogens with one attached hydrogen (secondary N) is 2. The van der Waals surface area contributed by atoms with Crippen LogP contribution in [0.4, 0.5) is 20.6 Å². The third-order valence-corrected chi connectivity index (χ3v) is 4.46. The van der Waals surface area contributed by atoms with Gasteiger partial charge in [-0.15, -0.1) is 0 Å². The number of benzene rings is 2. The number of nitrogens with zero attached hydrogens (tertiary/aromatic N) is 3. The molecule has 0 saturated carbocycles. The van der Waals surface area contributed by atoms with Crippen LogP contribution in [0.5, 0.6) is 0 Å². The first-order valence-electron chi connectivity index (χ1n) is 8.72. The zero-order valence-corrected chi connectivity index (χ0v) is 15.4. The Kier molecular flexibility index (Phi) is 4.49. The summed E-state index contributed by atoms with van der Waals surface area (Å²) >= 11 is 0. The molecule has 0 saturated heterocycles. The lowest BCUT2D eigenvalue weighted by Crippen LogP contribution is -2.20. The van der Waals surface area contributed by atoms with Gasteiger partial charge in [-0.2, -0.15) is 5.10 Å². The maximum atomic E-state index is 13.8. The Labute approximate surface area is 161 Å². The van der Waals surface area contributed by atoms with E-state index in [4.69, 9.17) is 0 Å². The Morgan fingerprint density at radius 1 is 1.07 bits per heavy atom. The van der Waals surface area contributed by atoms with Gasteiger partial charge in [0.1, 0.15) is 5.82 Å². The molecular formula is C21H18FN5O. The van der Waals surface area contributed by atoms with Crippen molar-refractivity contribution in [3.8, 4) is 11.1 Å². The van der Waals surface area contributed by atoms with Crippen molar-refractivity contribution in [2.24, 2.45) is 7.05 Å². The van der Waals surface area contributed by atoms with E-state index in [9.17, 15) is 9.18 Å². The minimum atomic E-state index is -0.504. The van der Waals surface area contributed by atoms with E-state index >= 15 is 0 Å². The molecule has 0 unspecified atom stereocenters. The summed E-state index contributed by atoms with van der Waals surface area (Å²) in [5.74, 6) is -0.478. The smallest absolute Gasteiger partial charge is 0.308 e. The molecule has 0 atom stereocenters. The highest BCUT2D eigenvalue weighted by Gasteiger charge is 2.10. The van der Waals surface area contributed by atoms with Crippen molar-refractivity contribution >= 4 is 28.4 Å². The highest BCUT2D eigenvalue weighted by molar-refractivity contribution is 6.00. The number of halogens is 1. The third kappa shape index (κ3) is 3.42. The number of carbonyl (C=O) groups is 1. The van der Waals surface area contributed by atoms with Crippen LogP contribution >= 0.6 is 0 Å². The van der Waals surface area contributed by atoms with Crippen LogP contribution < -0.4 is 10.6 Å². The molecule has 140 valence electrons. The number of anilines is 2. The Morgan fingerprint density at radius 2 is 1.86 bits per heavy atom. The maximum absolute atomic E-state index is 13.8. The number of hydrogen-bond donors (Lipinski definition) is 2. The van der Waals surface area contributed by atoms with Crippen molar-refractivity contribution in [3.63, 3.8) is 0 Å². The maximum Gasteiger partial charge on any atom is 0.323 e. The predicted octanol–water partition coefficient (Wildman–Crippen LogP) is 4.73. The van der Waals surface area contributed by atoms with E-state index in [2.05, 4.69) is 20.7 Å². The second kappa shape index (κ2) is 7.11. The number of rotatable bonds is 3. The largest absolute Gasteiger partial charge is 0.323 e. The van der Waals surface area contributed by atoms with Gasteiger partial charge in [0.2, 0.25) is 0 Å². The molecule has 7 heteroatoms. The van der Waals surface area contributed by atoms with Crippen molar-refractivity contribution < 1.29 is 9.18 Å². The topological polar surface area (TPSA) is 71.8 Å². The first-order valence-corrected chi connectivity index (χ1v) is 8.72. The standard InChI is InChI=1S/C21H18FN5O/c1-13-3-8-18(22)19(11-13)26-21(28)25-15-6-4-14(5-7-15)16-9-10-23-20-17(16)12-24-27(20)2/h3-12H,1-2H3,(H2,25,26,28). The van der Waals surface area contributed by atoms with Gasteiger partial charge in [-0.05, 0) is 53.9 Å². The van der Waals surface area contributed by atoms with Gasteiger partial charge in [0, 0.05) is 24.3 Å². The zero-order chi connectivity index (χ0) is 19.7. The van der Waals surface area contributed by atoms with Gasteiger partial charge in [0.25, 0.3) is 0 Å². The van der Waals surface area contributed by atoms with Crippen molar-refractivity contribution in [3.05, 3.63) is 72.3 Å². The molecule has 0 spiro atoms. The SMILES string of the molecule is Cc1ccc(F)c(NC(=O)Nc2ccc(-c3ccnc4c3cnn4C)cc2)c1. The number of carbonyl (C=O) groups excluding carboxylic acids is 1. The fraction of sp³-hybridized carbons (Fsp3) is 0.0952. The molecule has 0 fully saturated rings. The Hall–Kier alpha value is -3.74. The third-order valence-electron chi connectivity index (χ3n) is 4.46. The lowest BCUT2D eigenvalue weighted by atomic mass is 10.0. The van der Waals surface area contributed by atoms with E-state index in [1.165, 1.54) is 6.07 Å². The van der Waals surface area contributed by atoms with Crippen molar-refractivity contribution in [1.82, 2.24) is 14.8 Å². The molecule has 6 nitrogen and oxygen atoms in total. The highest BCUT2D eigenvalue weighted by Crippen LogP contribution is 2.28. The number of urea groups is 1. The van der Waals surface area contributed by atoms with Crippen molar-refractivity contribution in [1.29, 1.82) is 0 Å². The molecule has 4 aromatic rings. The molecule has 2 heterocycles. The Bertz CT molecular complexity index is 1170. The molecule has 2 N–H and O–H groups in total. The quantitative estimate of drug-likeness (QED) is 0.544. The lowest BCUT2D eigenvalue weighted by Gasteiger charge is -2.10. The van der Waals surface area contributed by atoms with E-state index in [1.807, 2.05) is 32.2 Å². The van der Waals surface area contributed by atoms with Crippen LogP contribution in [0.15, 0.2) is 60.9 Å². The van der Waals surface area contributed by atoms with E-state index in [0.717, 1.165) is 27.7 Å². The van der Waals surface area contributed by atoms with Gasteiger partial charge in [-0.3, -0.25) is 4.68 Å². The average molecular weight is 375 g/mol. The number of amides is 2. The van der Waals surface area contributed by atoms with Crippen LogP contribution in [0, 0.1) is 12.7 Å². The molecule has 2 amide bonds. The molecule has 0 radical (unpaired) electrons. The van der Waals surface area contributed by atoms with Crippen molar-refractivity contribution in [2.45, 2.75) is 6.92 Å². The van der Waals surface area contributed by atoms with Crippen LogP contribution in [-0.2, 0) is 7.05 Å². The van der Waals surface area contributed by atoms with Gasteiger partial charge in [0.15, 0.2) is 5.65 Å². The summed E-state index contributed by atoms with van der Waals surface area (Å²) in [7, 11) is 1.85. The summed E-state index contributed by atoms with van der Waals surface area (Å²) in [6, 6.07) is 13.4. The minimum absolute atomic E-state index is 0.143. The van der Waals surface area contributed by atoms with Crippen LogP contribution in [0.1, 0.15) is 5.56 Å². The van der Waals surface area contributed by atoms with Crippen LogP contribution in [-0.4, -0.2) is 20.8 Å². The number of aryl methyl sites for hydroxylation is 2. The molecule has 0 aliphatic heterocycles. The van der Waals surface area contributed by atoms with Crippen LogP contribution in [0.2, 0.25) is 0 Å². The second-order valence-electron chi connectivity index (χ2n) is 6.50. The Balaban J connectivity index is 1.52. The van der Waals surface area contributed by atoms with E-state index in [-0.39, 0.29) is 5.69 Å². The molecular weight excluding hydrogens is 357 g/mol. The fourth-order valence-corrected chi connectivity index (χ4v) is 3.05. The van der Waals surface area contributed by atoms with Gasteiger partial charge in [-0.1, -0.05) is 18.2 Å². The zero-order valence-electron chi connectivity index (χ0n) is 15.4. The Morgan fingerprint density at radius 3 is 2.64 bits per heavy atom. The van der Waals surface area contributed by atoms with Crippen molar-refractivity contribution in [2.75, 3.05) is 10.6 Å². The van der Waals surface area contributed by atoms with Crippen LogP contribution in [0.3, 0.4) is 0 Å². The average Bonchev–Trinajstić information content (AvgIpc) is 3.07. The molecule has 0 aliphatic rings. The normalized spacial score (nSPS) is 10.8. The second-order valence-corrected chi connectivity index (χ2v) is 6.50. The van der Waals surface area contributed by atoms with E-state index in [0.29, 0.717) is 5.69 Å². The fourth-order valence-electron chi connectivity index (χ4n) is 3.05. The molecule has 2 aromatic heterocycles. The molecule has 0 bridgehead atoms. The number of pyridine rings is 1. The van der Waals surface area contributed by atoms with Gasteiger partial charge in [0.05, 0.1) is 11.9 Å². The van der Waals surface area contributed by atoms with Crippen LogP contribution in [0.25, 0.3) is 22.2 Å². The predicted molar refractivity (Wildman–Crippen MR) is 108 cm³/mol. The van der Waals surface area contributed by atoms with Gasteiger partial charge < -0.3 is 10.6 Å². The summed E-state index contributed by atoms with van der Waals surface area (Å²) < 4.78 is 15.5. The molecule has 4 rings (SSSR count). The summed E-state index contributed by atoms with van der Waals surface area (Å²) in [4.78, 5) is 16.5. The molecule has 0 aliphatic carbocycles. The number of hydrogen-bond acceptors (Lipinski definition) is 3. The number of aromatic nitrogens is 3. The van der Waals surface area contributed by atoms with Gasteiger partial charge >= 0.3 is 6.03 Å². The van der Waals surface area contributed by atoms with Gasteiger partial charge in [-0.25, -0.2) is 14.2 Å². The summed E-state index contributed by atoms with van der Waals surface area (Å²) in [6.45, 7) is 1.83. The molecule has 2 aromatic carbocycles. The highest BCUT2D eigenvalue weighted by atomic mass is 19.1. The molecule has 28 heavy (non-hydrogen) atoms. The monoisotopic (exact) mass is 375 g/mol. The summed E-state index contributed by atoms with van der Waals surface area (Å²) in [5.41, 5.74) is 4.40. The first-order chi connectivity index (χ1) is 13.5. The van der Waals surface area contributed by atoms with E-state index in [1.54, 1.807) is 41.3 Å². The summed E-state index contributed by atoms with van der Waals surface area (Å²) in [5, 5.41) is 10.4. The number of fused-ring (bicyclic) bond motifs is 1. The summed E-state index contributed by atoms with van der Waals surface area (Å²) in [6.07, 6.45) is 3.53.